The molecule has 4 nitrogen and oxygen atoms in total. The molecule has 8 heteroatoms. The zero-order valence-corrected chi connectivity index (χ0v) is 12.5. The molecular weight excluding hydrogens is 347 g/mol. The molecule has 1 atom stereocenters. The smallest absolute Gasteiger partial charge is 0.289 e. The predicted molar refractivity (Wildman–Crippen MR) is 73.2 cm³/mol. The third-order valence-electron chi connectivity index (χ3n) is 2.38. The summed E-state index contributed by atoms with van der Waals surface area (Å²) in [6, 6.07) is 0.822. The van der Waals surface area contributed by atoms with Gasteiger partial charge in [0.05, 0.1) is 17.1 Å². The van der Waals surface area contributed by atoms with Gasteiger partial charge < -0.3 is 20.7 Å². The molecular formula is C11H15BrClF2NO3. The molecule has 1 rings (SSSR count). The van der Waals surface area contributed by atoms with Crippen LogP contribution in [-0.4, -0.2) is 29.3 Å². The highest BCUT2D eigenvalue weighted by atomic mass is 79.9. The number of aromatic hydroxyl groups is 1. The molecule has 0 aliphatic carbocycles. The van der Waals surface area contributed by atoms with Crippen LogP contribution in [0.4, 0.5) is 8.78 Å². The molecule has 19 heavy (non-hydrogen) atoms. The number of nitrogens with two attached hydrogens (primary N) is 1. The van der Waals surface area contributed by atoms with Crippen LogP contribution in [0.25, 0.3) is 0 Å². The maximum atomic E-state index is 13.3. The first-order valence-corrected chi connectivity index (χ1v) is 6.02. The van der Waals surface area contributed by atoms with Crippen molar-refractivity contribution >= 4 is 28.3 Å². The summed E-state index contributed by atoms with van der Waals surface area (Å²) in [5, 5.41) is 18.2. The molecule has 0 saturated heterocycles. The van der Waals surface area contributed by atoms with E-state index >= 15 is 0 Å². The van der Waals surface area contributed by atoms with E-state index in [1.807, 2.05) is 0 Å². The number of benzene rings is 1. The minimum atomic E-state index is -3.44. The van der Waals surface area contributed by atoms with Crippen molar-refractivity contribution in [3.63, 3.8) is 0 Å². The quantitative estimate of drug-likeness (QED) is 0.752. The highest BCUT2D eigenvalue weighted by Crippen LogP contribution is 2.39. The van der Waals surface area contributed by atoms with Gasteiger partial charge in [0.2, 0.25) is 0 Å². The van der Waals surface area contributed by atoms with Gasteiger partial charge in [0.1, 0.15) is 6.61 Å². The van der Waals surface area contributed by atoms with Crippen LogP contribution in [0.1, 0.15) is 18.5 Å². The average Bonchev–Trinajstić information content (AvgIpc) is 2.34. The van der Waals surface area contributed by atoms with Crippen LogP contribution in [0.3, 0.4) is 0 Å². The fourth-order valence-electron chi connectivity index (χ4n) is 1.38. The molecule has 0 spiro atoms. The van der Waals surface area contributed by atoms with E-state index in [1.165, 1.54) is 12.1 Å². The third-order valence-corrected chi connectivity index (χ3v) is 2.98. The van der Waals surface area contributed by atoms with Gasteiger partial charge in [-0.2, -0.15) is 0 Å². The lowest BCUT2D eigenvalue weighted by molar-refractivity contribution is -0.0712. The third kappa shape index (κ3) is 4.17. The van der Waals surface area contributed by atoms with Gasteiger partial charge in [-0.05, 0) is 40.5 Å². The van der Waals surface area contributed by atoms with Crippen molar-refractivity contribution in [2.45, 2.75) is 18.9 Å². The monoisotopic (exact) mass is 361 g/mol. The summed E-state index contributed by atoms with van der Waals surface area (Å²) >= 11 is 3.03. The summed E-state index contributed by atoms with van der Waals surface area (Å²) in [6.07, 6.45) is 0. The maximum Gasteiger partial charge on any atom is 0.289 e. The van der Waals surface area contributed by atoms with Gasteiger partial charge in [0, 0.05) is 0 Å². The molecule has 110 valence electrons. The lowest BCUT2D eigenvalue weighted by atomic mass is 10.0. The number of aliphatic hydroxyl groups is 1. The molecule has 0 bridgehead atoms. The molecule has 0 fully saturated rings. The van der Waals surface area contributed by atoms with Crippen LogP contribution in [0.15, 0.2) is 16.6 Å². The van der Waals surface area contributed by atoms with Crippen molar-refractivity contribution in [2.24, 2.45) is 5.73 Å². The van der Waals surface area contributed by atoms with Gasteiger partial charge in [0.15, 0.2) is 11.5 Å². The Kier molecular flexibility index (Phi) is 6.99. The Morgan fingerprint density at radius 3 is 2.53 bits per heavy atom. The number of halogens is 4. The second-order valence-electron chi connectivity index (χ2n) is 3.68. The van der Waals surface area contributed by atoms with Crippen LogP contribution in [0.5, 0.6) is 11.5 Å². The molecule has 0 amide bonds. The molecule has 0 aliphatic rings. The van der Waals surface area contributed by atoms with Gasteiger partial charge in [-0.1, -0.05) is 0 Å². The number of ether oxygens (including phenoxy) is 1. The van der Waals surface area contributed by atoms with E-state index in [-0.39, 0.29) is 40.5 Å². The van der Waals surface area contributed by atoms with E-state index < -0.39 is 18.6 Å². The van der Waals surface area contributed by atoms with Gasteiger partial charge >= 0.3 is 0 Å². The van der Waals surface area contributed by atoms with E-state index in [1.54, 1.807) is 6.92 Å². The average molecular weight is 363 g/mol. The topological polar surface area (TPSA) is 75.7 Å². The normalized spacial score (nSPS) is 12.7. The van der Waals surface area contributed by atoms with Crippen molar-refractivity contribution in [1.82, 2.24) is 0 Å². The number of hydrogen-bond acceptors (Lipinski definition) is 4. The Morgan fingerprint density at radius 1 is 1.47 bits per heavy atom. The first-order valence-electron chi connectivity index (χ1n) is 5.23. The Morgan fingerprint density at radius 2 is 2.05 bits per heavy atom. The van der Waals surface area contributed by atoms with Crippen molar-refractivity contribution in [1.29, 1.82) is 0 Å². The number of phenolic OH excluding ortho intramolecular Hbond substituents is 1. The standard InChI is InChI=1S/C11H14BrF2NO3.ClH/c1-2-18-8-4-6(3-7(12)9(8)17)10(15)11(13,14)5-16;/h3-4,10,16-17H,2,5,15H2,1H3;1H/t10-;/m1./s1. The Balaban J connectivity index is 0.00000324. The van der Waals surface area contributed by atoms with Crippen LogP contribution in [0.2, 0.25) is 0 Å². The molecule has 1 aromatic rings. The summed E-state index contributed by atoms with van der Waals surface area (Å²) in [5.41, 5.74) is 5.46. The summed E-state index contributed by atoms with van der Waals surface area (Å²) < 4.78 is 31.9. The van der Waals surface area contributed by atoms with E-state index in [0.29, 0.717) is 0 Å². The van der Waals surface area contributed by atoms with Crippen LogP contribution >= 0.6 is 28.3 Å². The molecule has 0 saturated carbocycles. The summed E-state index contributed by atoms with van der Waals surface area (Å²) in [5.74, 6) is -3.56. The van der Waals surface area contributed by atoms with Crippen molar-refractivity contribution < 1.29 is 23.7 Å². The van der Waals surface area contributed by atoms with Crippen LogP contribution in [0, 0.1) is 0 Å². The first-order chi connectivity index (χ1) is 8.33. The second-order valence-corrected chi connectivity index (χ2v) is 4.53. The molecule has 0 radical (unpaired) electrons. The van der Waals surface area contributed by atoms with Crippen molar-refractivity contribution in [3.05, 3.63) is 22.2 Å². The highest BCUT2D eigenvalue weighted by molar-refractivity contribution is 9.10. The fourth-order valence-corrected chi connectivity index (χ4v) is 1.84. The molecule has 0 heterocycles. The van der Waals surface area contributed by atoms with E-state index in [0.717, 1.165) is 0 Å². The minimum absolute atomic E-state index is 0. The van der Waals surface area contributed by atoms with Crippen LogP contribution < -0.4 is 10.5 Å². The zero-order valence-electron chi connectivity index (χ0n) is 10.1. The van der Waals surface area contributed by atoms with Gasteiger partial charge in [-0.15, -0.1) is 12.4 Å². The Labute approximate surface area is 124 Å². The summed E-state index contributed by atoms with van der Waals surface area (Å²) in [7, 11) is 0. The molecule has 4 N–H and O–H groups in total. The fraction of sp³-hybridized carbons (Fsp3) is 0.455. The predicted octanol–water partition coefficient (Wildman–Crippen LogP) is 2.60. The van der Waals surface area contributed by atoms with E-state index in [9.17, 15) is 13.9 Å². The Bertz CT molecular complexity index is 435. The SMILES string of the molecule is CCOc1cc([C@@H](N)C(F)(F)CO)cc(Br)c1O.Cl. The minimum Gasteiger partial charge on any atom is -0.503 e. The Hall–Kier alpha value is -0.630. The summed E-state index contributed by atoms with van der Waals surface area (Å²) in [6.45, 7) is 0.619. The molecule has 0 unspecified atom stereocenters. The number of phenols is 1. The van der Waals surface area contributed by atoms with E-state index in [2.05, 4.69) is 15.9 Å². The van der Waals surface area contributed by atoms with Crippen molar-refractivity contribution in [3.8, 4) is 11.5 Å². The first kappa shape index (κ1) is 18.4. The van der Waals surface area contributed by atoms with E-state index in [4.69, 9.17) is 15.6 Å². The van der Waals surface area contributed by atoms with Crippen molar-refractivity contribution in [2.75, 3.05) is 13.2 Å². The molecule has 0 aromatic heterocycles. The lowest BCUT2D eigenvalue weighted by Gasteiger charge is -2.22. The number of hydrogen-bond donors (Lipinski definition) is 3. The second kappa shape index (κ2) is 7.23. The van der Waals surface area contributed by atoms with Gasteiger partial charge in [-0.3, -0.25) is 0 Å². The zero-order chi connectivity index (χ0) is 13.9. The maximum absolute atomic E-state index is 13.3. The number of aliphatic hydroxyl groups excluding tert-OH is 1. The van der Waals surface area contributed by atoms with Gasteiger partial charge in [-0.25, -0.2) is 8.78 Å². The molecule has 0 aliphatic heterocycles. The largest absolute Gasteiger partial charge is 0.503 e. The van der Waals surface area contributed by atoms with Gasteiger partial charge in [0.25, 0.3) is 5.92 Å². The molecule has 1 aromatic carbocycles. The summed E-state index contributed by atoms with van der Waals surface area (Å²) in [4.78, 5) is 0. The number of rotatable bonds is 5. The highest BCUT2D eigenvalue weighted by Gasteiger charge is 2.38. The number of alkyl halides is 2. The lowest BCUT2D eigenvalue weighted by Crippen LogP contribution is -2.36. The van der Waals surface area contributed by atoms with Crippen LogP contribution in [-0.2, 0) is 0 Å².